The number of allylic oxidation sites excluding steroid dienone is 1. The molecule has 5 nitrogen and oxygen atoms in total. The maximum Gasteiger partial charge on any atom is 0.131 e. The van der Waals surface area contributed by atoms with Crippen molar-refractivity contribution in [3.63, 3.8) is 0 Å². The smallest absolute Gasteiger partial charge is 0.131 e. The predicted octanol–water partition coefficient (Wildman–Crippen LogP) is 2.84. The Kier molecular flexibility index (Phi) is 6.31. The summed E-state index contributed by atoms with van der Waals surface area (Å²) in [6.45, 7) is 2.35. The summed E-state index contributed by atoms with van der Waals surface area (Å²) >= 11 is 0. The fourth-order valence-corrected chi connectivity index (χ4v) is 2.31. The van der Waals surface area contributed by atoms with Crippen LogP contribution in [0.1, 0.15) is 32.1 Å². The van der Waals surface area contributed by atoms with Crippen LogP contribution in [0.4, 0.5) is 11.6 Å². The molecule has 0 unspecified atom stereocenters. The van der Waals surface area contributed by atoms with E-state index in [0.717, 1.165) is 31.1 Å². The third kappa shape index (κ3) is 5.17. The van der Waals surface area contributed by atoms with Crippen LogP contribution in [0.3, 0.4) is 0 Å². The van der Waals surface area contributed by atoms with E-state index in [4.69, 9.17) is 4.74 Å². The van der Waals surface area contributed by atoms with Gasteiger partial charge in [-0.3, -0.25) is 0 Å². The molecule has 2 rings (SSSR count). The fraction of sp³-hybridized carbons (Fsp3) is 0.600. The second-order valence-corrected chi connectivity index (χ2v) is 4.99. The van der Waals surface area contributed by atoms with Gasteiger partial charge in [-0.05, 0) is 32.1 Å². The molecule has 0 radical (unpaired) electrons. The Morgan fingerprint density at radius 2 is 1.95 bits per heavy atom. The first-order chi connectivity index (χ1) is 9.88. The molecule has 1 aliphatic carbocycles. The molecule has 20 heavy (non-hydrogen) atoms. The minimum Gasteiger partial charge on any atom is -0.383 e. The second kappa shape index (κ2) is 8.53. The van der Waals surface area contributed by atoms with Gasteiger partial charge in [-0.15, -0.1) is 0 Å². The maximum atomic E-state index is 5.00. The predicted molar refractivity (Wildman–Crippen MR) is 82.1 cm³/mol. The molecule has 2 N–H and O–H groups in total. The molecular weight excluding hydrogens is 252 g/mol. The lowest BCUT2D eigenvalue weighted by Gasteiger charge is -2.13. The lowest BCUT2D eigenvalue weighted by atomic mass is 9.97. The molecule has 1 aromatic rings. The summed E-state index contributed by atoms with van der Waals surface area (Å²) in [5, 5.41) is 6.56. The average molecular weight is 276 g/mol. The summed E-state index contributed by atoms with van der Waals surface area (Å²) in [5.74, 6) is 1.70. The zero-order valence-electron chi connectivity index (χ0n) is 12.2. The van der Waals surface area contributed by atoms with Crippen LogP contribution in [0.2, 0.25) is 0 Å². The molecule has 1 aromatic heterocycles. The van der Waals surface area contributed by atoms with Gasteiger partial charge in [0.1, 0.15) is 18.0 Å². The van der Waals surface area contributed by atoms with Gasteiger partial charge in [-0.25, -0.2) is 9.97 Å². The van der Waals surface area contributed by atoms with Gasteiger partial charge in [-0.1, -0.05) is 11.6 Å². The van der Waals surface area contributed by atoms with E-state index in [0.29, 0.717) is 6.61 Å². The van der Waals surface area contributed by atoms with E-state index in [2.05, 4.69) is 26.7 Å². The third-order valence-corrected chi connectivity index (χ3v) is 3.42. The van der Waals surface area contributed by atoms with Gasteiger partial charge >= 0.3 is 0 Å². The lowest BCUT2D eigenvalue weighted by Crippen LogP contribution is -2.10. The zero-order valence-corrected chi connectivity index (χ0v) is 12.2. The standard InChI is InChI=1S/C15H24N4O/c1-20-10-9-17-15-11-14(18-12-19-15)16-8-7-13-5-3-2-4-6-13/h5,11-12H,2-4,6-10H2,1H3,(H2,16,17,18,19). The van der Waals surface area contributed by atoms with E-state index in [9.17, 15) is 0 Å². The Morgan fingerprint density at radius 1 is 1.15 bits per heavy atom. The Bertz CT molecular complexity index is 434. The SMILES string of the molecule is COCCNc1cc(NCCC2=CCCCC2)ncn1. The molecule has 0 saturated carbocycles. The molecule has 0 fully saturated rings. The number of ether oxygens (including phenoxy) is 1. The number of aromatic nitrogens is 2. The first-order valence-corrected chi connectivity index (χ1v) is 7.35. The molecule has 0 bridgehead atoms. The number of nitrogens with zero attached hydrogens (tertiary/aromatic N) is 2. The van der Waals surface area contributed by atoms with Gasteiger partial charge < -0.3 is 15.4 Å². The van der Waals surface area contributed by atoms with E-state index < -0.39 is 0 Å². The van der Waals surface area contributed by atoms with Crippen LogP contribution < -0.4 is 10.6 Å². The molecule has 0 atom stereocenters. The van der Waals surface area contributed by atoms with Crippen molar-refractivity contribution in [2.24, 2.45) is 0 Å². The van der Waals surface area contributed by atoms with E-state index >= 15 is 0 Å². The van der Waals surface area contributed by atoms with Crippen LogP contribution in [0, 0.1) is 0 Å². The van der Waals surface area contributed by atoms with Crippen molar-refractivity contribution >= 4 is 11.6 Å². The molecule has 0 amide bonds. The molecule has 110 valence electrons. The first-order valence-electron chi connectivity index (χ1n) is 7.35. The van der Waals surface area contributed by atoms with Crippen molar-refractivity contribution in [3.05, 3.63) is 24.0 Å². The fourth-order valence-electron chi connectivity index (χ4n) is 2.31. The zero-order chi connectivity index (χ0) is 14.0. The average Bonchev–Trinajstić information content (AvgIpc) is 2.49. The molecule has 0 aromatic carbocycles. The van der Waals surface area contributed by atoms with Crippen LogP contribution in [0.15, 0.2) is 24.0 Å². The summed E-state index contributed by atoms with van der Waals surface area (Å²) in [6, 6.07) is 1.94. The lowest BCUT2D eigenvalue weighted by molar-refractivity contribution is 0.210. The van der Waals surface area contributed by atoms with Gasteiger partial charge in [0.25, 0.3) is 0 Å². The number of rotatable bonds is 8. The van der Waals surface area contributed by atoms with Crippen LogP contribution in [-0.4, -0.2) is 36.8 Å². The number of hydrogen-bond acceptors (Lipinski definition) is 5. The topological polar surface area (TPSA) is 59.1 Å². The Balaban J connectivity index is 1.74. The third-order valence-electron chi connectivity index (χ3n) is 3.42. The summed E-state index contributed by atoms with van der Waals surface area (Å²) in [6.07, 6.45) is 10.3. The summed E-state index contributed by atoms with van der Waals surface area (Å²) in [4.78, 5) is 8.42. The molecule has 1 aliphatic rings. The van der Waals surface area contributed by atoms with Gasteiger partial charge in [0, 0.05) is 26.3 Å². The highest BCUT2D eigenvalue weighted by Gasteiger charge is 2.03. The number of nitrogens with one attached hydrogen (secondary N) is 2. The molecule has 1 heterocycles. The highest BCUT2D eigenvalue weighted by atomic mass is 16.5. The van der Waals surface area contributed by atoms with Crippen molar-refractivity contribution in [1.82, 2.24) is 9.97 Å². The van der Waals surface area contributed by atoms with Crippen molar-refractivity contribution < 1.29 is 4.74 Å². The normalized spacial score (nSPS) is 14.8. The second-order valence-electron chi connectivity index (χ2n) is 4.99. The van der Waals surface area contributed by atoms with Crippen LogP contribution in [0.5, 0.6) is 0 Å². The molecule has 0 aliphatic heterocycles. The van der Waals surface area contributed by atoms with Gasteiger partial charge in [0.05, 0.1) is 6.61 Å². The van der Waals surface area contributed by atoms with Crippen LogP contribution in [0.25, 0.3) is 0 Å². The van der Waals surface area contributed by atoms with E-state index in [1.807, 2.05) is 6.07 Å². The first kappa shape index (κ1) is 14.8. The number of anilines is 2. The Morgan fingerprint density at radius 3 is 2.65 bits per heavy atom. The minimum atomic E-state index is 0.668. The Labute approximate surface area is 120 Å². The van der Waals surface area contributed by atoms with Gasteiger partial charge in [-0.2, -0.15) is 0 Å². The maximum absolute atomic E-state index is 5.00. The summed E-state index contributed by atoms with van der Waals surface area (Å²) in [7, 11) is 1.69. The van der Waals surface area contributed by atoms with Crippen LogP contribution >= 0.6 is 0 Å². The Hall–Kier alpha value is -1.62. The monoisotopic (exact) mass is 276 g/mol. The van der Waals surface area contributed by atoms with E-state index in [-0.39, 0.29) is 0 Å². The largest absolute Gasteiger partial charge is 0.383 e. The van der Waals surface area contributed by atoms with Crippen LogP contribution in [-0.2, 0) is 4.74 Å². The van der Waals surface area contributed by atoms with Crippen molar-refractivity contribution in [2.45, 2.75) is 32.1 Å². The number of methoxy groups -OCH3 is 1. The van der Waals surface area contributed by atoms with E-state index in [1.54, 1.807) is 19.0 Å². The van der Waals surface area contributed by atoms with Crippen molar-refractivity contribution in [2.75, 3.05) is 37.4 Å². The van der Waals surface area contributed by atoms with Gasteiger partial charge in [0.2, 0.25) is 0 Å². The van der Waals surface area contributed by atoms with Crippen molar-refractivity contribution in [3.8, 4) is 0 Å². The molecule has 0 spiro atoms. The van der Waals surface area contributed by atoms with E-state index in [1.165, 1.54) is 25.7 Å². The molecule has 5 heteroatoms. The molecule has 0 saturated heterocycles. The minimum absolute atomic E-state index is 0.668. The molecular formula is C15H24N4O. The summed E-state index contributed by atoms with van der Waals surface area (Å²) in [5.41, 5.74) is 1.58. The summed E-state index contributed by atoms with van der Waals surface area (Å²) < 4.78 is 5.00. The highest BCUT2D eigenvalue weighted by Crippen LogP contribution is 2.20. The highest BCUT2D eigenvalue weighted by molar-refractivity contribution is 5.46. The van der Waals surface area contributed by atoms with Gasteiger partial charge in [0.15, 0.2) is 0 Å². The number of hydrogen-bond donors (Lipinski definition) is 2. The quantitative estimate of drug-likeness (QED) is 0.565. The van der Waals surface area contributed by atoms with Crippen molar-refractivity contribution in [1.29, 1.82) is 0 Å².